The largest absolute Gasteiger partial charge is 0.296 e. The second-order valence-electron chi connectivity index (χ2n) is 4.56. The van der Waals surface area contributed by atoms with Gasteiger partial charge < -0.3 is 0 Å². The molecule has 6 heteroatoms. The van der Waals surface area contributed by atoms with E-state index >= 15 is 0 Å². The van der Waals surface area contributed by atoms with Crippen LogP contribution in [-0.2, 0) is 16.6 Å². The molecule has 0 spiro atoms. The lowest BCUT2D eigenvalue weighted by Crippen LogP contribution is -2.47. The molecule has 1 fully saturated rings. The van der Waals surface area contributed by atoms with E-state index in [9.17, 15) is 8.42 Å². The van der Waals surface area contributed by atoms with Gasteiger partial charge in [0.1, 0.15) is 0 Å². The molecule has 0 atom stereocenters. The first-order chi connectivity index (χ1) is 8.45. The minimum atomic E-state index is -3.04. The van der Waals surface area contributed by atoms with Crippen LogP contribution in [0.2, 0.25) is 5.02 Å². The normalized spacial score (nSPS) is 19.0. The Morgan fingerprint density at radius 3 is 2.17 bits per heavy atom. The van der Waals surface area contributed by atoms with Crippen LogP contribution in [0.3, 0.4) is 0 Å². The van der Waals surface area contributed by atoms with Crippen molar-refractivity contribution in [2.75, 3.05) is 32.4 Å². The summed E-state index contributed by atoms with van der Waals surface area (Å²) in [6, 6.07) is 7.77. The van der Waals surface area contributed by atoms with Gasteiger partial charge in [0.05, 0.1) is 6.26 Å². The maximum atomic E-state index is 11.4. The van der Waals surface area contributed by atoms with Gasteiger partial charge in [0.15, 0.2) is 0 Å². The van der Waals surface area contributed by atoms with Crippen LogP contribution < -0.4 is 0 Å². The summed E-state index contributed by atoms with van der Waals surface area (Å²) in [5.41, 5.74) is 1.20. The van der Waals surface area contributed by atoms with Crippen molar-refractivity contribution < 1.29 is 8.42 Å². The summed E-state index contributed by atoms with van der Waals surface area (Å²) in [6.07, 6.45) is 1.27. The zero-order valence-corrected chi connectivity index (χ0v) is 11.9. The van der Waals surface area contributed by atoms with Crippen LogP contribution in [0.5, 0.6) is 0 Å². The molecular formula is C12H17ClN2O2S. The number of nitrogens with zero attached hydrogens (tertiary/aromatic N) is 2. The van der Waals surface area contributed by atoms with Crippen LogP contribution in [0.1, 0.15) is 5.56 Å². The van der Waals surface area contributed by atoms with Crippen molar-refractivity contribution in [1.29, 1.82) is 0 Å². The van der Waals surface area contributed by atoms with Gasteiger partial charge in [0.25, 0.3) is 0 Å². The Morgan fingerprint density at radius 2 is 1.67 bits per heavy atom. The highest BCUT2D eigenvalue weighted by Crippen LogP contribution is 2.13. The molecule has 0 aliphatic carbocycles. The van der Waals surface area contributed by atoms with Crippen LogP contribution >= 0.6 is 11.6 Å². The number of rotatable bonds is 3. The Balaban J connectivity index is 1.89. The lowest BCUT2D eigenvalue weighted by molar-refractivity contribution is 0.182. The van der Waals surface area contributed by atoms with Crippen molar-refractivity contribution in [3.8, 4) is 0 Å². The number of hydrogen-bond acceptors (Lipinski definition) is 3. The highest BCUT2D eigenvalue weighted by molar-refractivity contribution is 7.88. The molecule has 4 nitrogen and oxygen atoms in total. The topological polar surface area (TPSA) is 40.6 Å². The number of hydrogen-bond donors (Lipinski definition) is 0. The van der Waals surface area contributed by atoms with E-state index in [-0.39, 0.29) is 0 Å². The quantitative estimate of drug-likeness (QED) is 0.845. The van der Waals surface area contributed by atoms with Crippen LogP contribution in [0, 0.1) is 0 Å². The van der Waals surface area contributed by atoms with Crippen molar-refractivity contribution in [3.05, 3.63) is 34.9 Å². The van der Waals surface area contributed by atoms with E-state index in [1.165, 1.54) is 16.1 Å². The minimum absolute atomic E-state index is 0.576. The summed E-state index contributed by atoms with van der Waals surface area (Å²) in [6.45, 7) is 3.54. The van der Waals surface area contributed by atoms with Crippen molar-refractivity contribution in [1.82, 2.24) is 9.21 Å². The third kappa shape index (κ3) is 3.68. The highest BCUT2D eigenvalue weighted by atomic mass is 35.5. The Morgan fingerprint density at radius 1 is 1.11 bits per heavy atom. The molecular weight excluding hydrogens is 272 g/mol. The Hall–Kier alpha value is -0.620. The summed E-state index contributed by atoms with van der Waals surface area (Å²) >= 11 is 5.84. The van der Waals surface area contributed by atoms with E-state index in [2.05, 4.69) is 4.90 Å². The molecule has 1 aliphatic rings. The number of benzene rings is 1. The molecule has 1 aromatic rings. The lowest BCUT2D eigenvalue weighted by Gasteiger charge is -2.33. The van der Waals surface area contributed by atoms with Crippen molar-refractivity contribution in [3.63, 3.8) is 0 Å². The first-order valence-electron chi connectivity index (χ1n) is 5.87. The predicted octanol–water partition coefficient (Wildman–Crippen LogP) is 1.42. The number of sulfonamides is 1. The molecule has 1 aliphatic heterocycles. The first-order valence-corrected chi connectivity index (χ1v) is 8.10. The van der Waals surface area contributed by atoms with Crippen LogP contribution in [0.4, 0.5) is 0 Å². The lowest BCUT2D eigenvalue weighted by atomic mass is 10.2. The molecule has 0 aromatic heterocycles. The SMILES string of the molecule is CS(=O)(=O)N1CCN(Cc2ccc(Cl)cc2)CC1. The summed E-state index contributed by atoms with van der Waals surface area (Å²) in [5.74, 6) is 0. The van der Waals surface area contributed by atoms with E-state index < -0.39 is 10.0 Å². The summed E-state index contributed by atoms with van der Waals surface area (Å²) < 4.78 is 24.3. The van der Waals surface area contributed by atoms with Gasteiger partial charge in [-0.2, -0.15) is 4.31 Å². The summed E-state index contributed by atoms with van der Waals surface area (Å²) in [4.78, 5) is 2.25. The third-order valence-electron chi connectivity index (χ3n) is 3.12. The van der Waals surface area contributed by atoms with Gasteiger partial charge in [-0.05, 0) is 17.7 Å². The van der Waals surface area contributed by atoms with E-state index in [0.717, 1.165) is 24.7 Å². The first kappa shape index (κ1) is 13.8. The molecule has 100 valence electrons. The maximum Gasteiger partial charge on any atom is 0.211 e. The number of piperazine rings is 1. The molecule has 0 radical (unpaired) electrons. The predicted molar refractivity (Wildman–Crippen MR) is 73.1 cm³/mol. The van der Waals surface area contributed by atoms with Gasteiger partial charge in [0.2, 0.25) is 10.0 Å². The van der Waals surface area contributed by atoms with Crippen molar-refractivity contribution in [2.24, 2.45) is 0 Å². The second kappa shape index (κ2) is 5.57. The van der Waals surface area contributed by atoms with Crippen LogP contribution in [-0.4, -0.2) is 50.1 Å². The van der Waals surface area contributed by atoms with Gasteiger partial charge in [-0.15, -0.1) is 0 Å². The molecule has 1 aromatic carbocycles. The van der Waals surface area contributed by atoms with Crippen molar-refractivity contribution >= 4 is 21.6 Å². The van der Waals surface area contributed by atoms with E-state index in [1.807, 2.05) is 24.3 Å². The molecule has 0 bridgehead atoms. The summed E-state index contributed by atoms with van der Waals surface area (Å²) in [7, 11) is -3.04. The Kier molecular flexibility index (Phi) is 4.27. The zero-order valence-electron chi connectivity index (χ0n) is 10.3. The minimum Gasteiger partial charge on any atom is -0.296 e. The van der Waals surface area contributed by atoms with Gasteiger partial charge in [-0.1, -0.05) is 23.7 Å². The fraction of sp³-hybridized carbons (Fsp3) is 0.500. The maximum absolute atomic E-state index is 11.4. The second-order valence-corrected chi connectivity index (χ2v) is 6.98. The molecule has 18 heavy (non-hydrogen) atoms. The fourth-order valence-electron chi connectivity index (χ4n) is 2.07. The van der Waals surface area contributed by atoms with Gasteiger partial charge in [0, 0.05) is 37.7 Å². The third-order valence-corrected chi connectivity index (χ3v) is 4.67. The molecule has 0 N–H and O–H groups in total. The number of halogens is 1. The van der Waals surface area contributed by atoms with E-state index in [1.54, 1.807) is 0 Å². The Labute approximate surface area is 113 Å². The van der Waals surface area contributed by atoms with E-state index in [0.29, 0.717) is 13.1 Å². The average Bonchev–Trinajstić information content (AvgIpc) is 2.32. The molecule has 0 saturated carbocycles. The standard InChI is InChI=1S/C12H17ClN2O2S/c1-18(16,17)15-8-6-14(7-9-15)10-11-2-4-12(13)5-3-11/h2-5H,6-10H2,1H3. The van der Waals surface area contributed by atoms with Crippen LogP contribution in [0.25, 0.3) is 0 Å². The fourth-order valence-corrected chi connectivity index (χ4v) is 3.02. The van der Waals surface area contributed by atoms with Gasteiger partial charge in [-0.3, -0.25) is 4.90 Å². The molecule has 0 unspecified atom stereocenters. The molecule has 0 amide bonds. The highest BCUT2D eigenvalue weighted by Gasteiger charge is 2.23. The molecule has 1 heterocycles. The van der Waals surface area contributed by atoms with Crippen LogP contribution in [0.15, 0.2) is 24.3 Å². The summed E-state index contributed by atoms with van der Waals surface area (Å²) in [5, 5.41) is 0.737. The molecule has 1 saturated heterocycles. The van der Waals surface area contributed by atoms with Gasteiger partial charge in [-0.25, -0.2) is 8.42 Å². The van der Waals surface area contributed by atoms with Gasteiger partial charge >= 0.3 is 0 Å². The monoisotopic (exact) mass is 288 g/mol. The zero-order chi connectivity index (χ0) is 13.2. The molecule has 2 rings (SSSR count). The Bertz CT molecular complexity index is 493. The smallest absolute Gasteiger partial charge is 0.211 e. The van der Waals surface area contributed by atoms with Crippen molar-refractivity contribution in [2.45, 2.75) is 6.54 Å². The van der Waals surface area contributed by atoms with E-state index in [4.69, 9.17) is 11.6 Å². The average molecular weight is 289 g/mol.